The fraction of sp³-hybridized carbons (Fsp3) is 0.444. The number of nitriles is 1. The largest absolute Gasteiger partial charge is 0.395 e. The summed E-state index contributed by atoms with van der Waals surface area (Å²) in [5.74, 6) is -0.492. The molecule has 0 aliphatic heterocycles. The lowest BCUT2D eigenvalue weighted by Crippen LogP contribution is -2.27. The Kier molecular flexibility index (Phi) is 8.55. The lowest BCUT2D eigenvalue weighted by Gasteiger charge is -2.19. The van der Waals surface area contributed by atoms with E-state index in [0.29, 0.717) is 0 Å². The van der Waals surface area contributed by atoms with Crippen molar-refractivity contribution in [1.29, 1.82) is 5.26 Å². The first kappa shape index (κ1) is 19.7. The van der Waals surface area contributed by atoms with Gasteiger partial charge in [0.2, 0.25) is 0 Å². The zero-order valence-electron chi connectivity index (χ0n) is 14.2. The normalized spacial score (nSPS) is 11.0. The quantitative estimate of drug-likeness (QED) is 0.470. The van der Waals surface area contributed by atoms with Gasteiger partial charge in [-0.15, -0.1) is 0 Å². The second kappa shape index (κ2) is 10.4. The van der Waals surface area contributed by atoms with E-state index in [1.807, 2.05) is 38.1 Å². The molecule has 6 heteroatoms. The number of carbonyl (C=O) groups is 1. The molecule has 0 bridgehead atoms. The molecule has 0 aliphatic rings. The minimum atomic E-state index is -0.492. The van der Waals surface area contributed by atoms with E-state index in [1.54, 1.807) is 4.90 Å². The van der Waals surface area contributed by atoms with E-state index in [9.17, 15) is 10.1 Å². The smallest absolute Gasteiger partial charge is 0.267 e. The van der Waals surface area contributed by atoms with Gasteiger partial charge in [-0.1, -0.05) is 32.0 Å². The SMILES string of the molecule is CCc1cccc(CC)c1NC(=O)/C(C#N)=C\N(CCO)CCO. The van der Waals surface area contributed by atoms with Crippen LogP contribution in [0.25, 0.3) is 0 Å². The maximum absolute atomic E-state index is 12.5. The molecule has 130 valence electrons. The summed E-state index contributed by atoms with van der Waals surface area (Å²) in [4.78, 5) is 14.0. The first-order chi connectivity index (χ1) is 11.6. The summed E-state index contributed by atoms with van der Waals surface area (Å²) < 4.78 is 0. The van der Waals surface area contributed by atoms with Crippen molar-refractivity contribution >= 4 is 11.6 Å². The molecule has 0 radical (unpaired) electrons. The van der Waals surface area contributed by atoms with E-state index in [2.05, 4.69) is 5.32 Å². The van der Waals surface area contributed by atoms with Gasteiger partial charge in [0.15, 0.2) is 0 Å². The van der Waals surface area contributed by atoms with Gasteiger partial charge in [0, 0.05) is 25.0 Å². The summed E-state index contributed by atoms with van der Waals surface area (Å²) in [5, 5.41) is 30.2. The number of nitrogens with zero attached hydrogens (tertiary/aromatic N) is 2. The fourth-order valence-corrected chi connectivity index (χ4v) is 2.40. The number of amides is 1. The van der Waals surface area contributed by atoms with Crippen molar-refractivity contribution in [3.05, 3.63) is 41.1 Å². The van der Waals surface area contributed by atoms with Crippen molar-refractivity contribution in [3.63, 3.8) is 0 Å². The minimum absolute atomic E-state index is 0.0649. The Morgan fingerprint density at radius 1 is 1.21 bits per heavy atom. The molecule has 6 nitrogen and oxygen atoms in total. The highest BCUT2D eigenvalue weighted by molar-refractivity contribution is 6.07. The predicted octanol–water partition coefficient (Wildman–Crippen LogP) is 1.44. The zero-order chi connectivity index (χ0) is 17.9. The molecule has 0 saturated carbocycles. The number of benzene rings is 1. The summed E-state index contributed by atoms with van der Waals surface area (Å²) in [7, 11) is 0. The minimum Gasteiger partial charge on any atom is -0.395 e. The number of para-hydroxylation sites is 1. The van der Waals surface area contributed by atoms with Crippen LogP contribution < -0.4 is 5.32 Å². The second-order valence-electron chi connectivity index (χ2n) is 5.25. The van der Waals surface area contributed by atoms with Crippen LogP contribution in [0.4, 0.5) is 5.69 Å². The third kappa shape index (κ3) is 5.37. The highest BCUT2D eigenvalue weighted by Gasteiger charge is 2.15. The van der Waals surface area contributed by atoms with E-state index in [0.717, 1.165) is 29.7 Å². The molecule has 0 aromatic heterocycles. The summed E-state index contributed by atoms with van der Waals surface area (Å²) in [6, 6.07) is 7.75. The maximum atomic E-state index is 12.5. The number of anilines is 1. The molecule has 0 fully saturated rings. The average Bonchev–Trinajstić information content (AvgIpc) is 2.59. The van der Waals surface area contributed by atoms with E-state index in [4.69, 9.17) is 10.2 Å². The fourth-order valence-electron chi connectivity index (χ4n) is 2.40. The van der Waals surface area contributed by atoms with Gasteiger partial charge in [-0.05, 0) is 24.0 Å². The second-order valence-corrected chi connectivity index (χ2v) is 5.25. The summed E-state index contributed by atoms with van der Waals surface area (Å²) in [5.41, 5.74) is 2.72. The number of aliphatic hydroxyl groups excluding tert-OH is 2. The van der Waals surface area contributed by atoms with Crippen molar-refractivity contribution < 1.29 is 15.0 Å². The molecule has 0 unspecified atom stereocenters. The molecule has 0 heterocycles. The van der Waals surface area contributed by atoms with Crippen LogP contribution in [-0.4, -0.2) is 47.3 Å². The molecular weight excluding hydrogens is 306 g/mol. The van der Waals surface area contributed by atoms with E-state index >= 15 is 0 Å². The van der Waals surface area contributed by atoms with E-state index < -0.39 is 5.91 Å². The number of carbonyl (C=O) groups excluding carboxylic acids is 1. The number of rotatable bonds is 9. The van der Waals surface area contributed by atoms with Crippen LogP contribution in [-0.2, 0) is 17.6 Å². The monoisotopic (exact) mass is 331 g/mol. The van der Waals surface area contributed by atoms with Gasteiger partial charge < -0.3 is 20.4 Å². The highest BCUT2D eigenvalue weighted by Crippen LogP contribution is 2.23. The average molecular weight is 331 g/mol. The van der Waals surface area contributed by atoms with E-state index in [1.165, 1.54) is 6.20 Å². The number of aliphatic hydroxyl groups is 2. The third-order valence-electron chi connectivity index (χ3n) is 3.69. The van der Waals surface area contributed by atoms with Crippen molar-refractivity contribution in [3.8, 4) is 6.07 Å². The number of hydrogen-bond acceptors (Lipinski definition) is 5. The van der Waals surface area contributed by atoms with Gasteiger partial charge in [0.1, 0.15) is 11.6 Å². The number of hydrogen-bond donors (Lipinski definition) is 3. The van der Waals surface area contributed by atoms with Gasteiger partial charge in [-0.25, -0.2) is 0 Å². The number of aryl methyl sites for hydroxylation is 2. The Morgan fingerprint density at radius 3 is 2.17 bits per heavy atom. The van der Waals surface area contributed by atoms with Crippen LogP contribution in [0, 0.1) is 11.3 Å². The lowest BCUT2D eigenvalue weighted by atomic mass is 10.0. The molecule has 0 spiro atoms. The molecule has 0 aliphatic carbocycles. The van der Waals surface area contributed by atoms with Gasteiger partial charge in [0.25, 0.3) is 5.91 Å². The van der Waals surface area contributed by atoms with E-state index in [-0.39, 0.29) is 31.9 Å². The van der Waals surface area contributed by atoms with Crippen molar-refractivity contribution in [2.24, 2.45) is 0 Å². The lowest BCUT2D eigenvalue weighted by molar-refractivity contribution is -0.112. The summed E-state index contributed by atoms with van der Waals surface area (Å²) in [6.45, 7) is 4.24. The van der Waals surface area contributed by atoms with Gasteiger partial charge >= 0.3 is 0 Å². The first-order valence-electron chi connectivity index (χ1n) is 8.10. The molecule has 1 amide bonds. The topological polar surface area (TPSA) is 96.6 Å². The predicted molar refractivity (Wildman–Crippen MR) is 93.3 cm³/mol. The Balaban J connectivity index is 3.06. The van der Waals surface area contributed by atoms with Crippen LogP contribution in [0.1, 0.15) is 25.0 Å². The Bertz CT molecular complexity index is 592. The van der Waals surface area contributed by atoms with Crippen LogP contribution in [0.2, 0.25) is 0 Å². The number of nitrogens with one attached hydrogen (secondary N) is 1. The summed E-state index contributed by atoms with van der Waals surface area (Å²) in [6.07, 6.45) is 2.92. The zero-order valence-corrected chi connectivity index (χ0v) is 14.2. The molecule has 1 aromatic rings. The van der Waals surface area contributed by atoms with Crippen LogP contribution in [0.15, 0.2) is 30.0 Å². The molecule has 1 rings (SSSR count). The Labute approximate surface area is 143 Å². The van der Waals surface area contributed by atoms with Gasteiger partial charge in [-0.2, -0.15) is 5.26 Å². The summed E-state index contributed by atoms with van der Waals surface area (Å²) >= 11 is 0. The maximum Gasteiger partial charge on any atom is 0.267 e. The third-order valence-corrected chi connectivity index (χ3v) is 3.69. The van der Waals surface area contributed by atoms with Gasteiger partial charge in [0.05, 0.1) is 13.2 Å². The molecule has 1 aromatic carbocycles. The van der Waals surface area contributed by atoms with Gasteiger partial charge in [-0.3, -0.25) is 4.79 Å². The molecule has 0 saturated heterocycles. The molecule has 24 heavy (non-hydrogen) atoms. The van der Waals surface area contributed by atoms with Crippen LogP contribution in [0.5, 0.6) is 0 Å². The molecule has 3 N–H and O–H groups in total. The van der Waals surface area contributed by atoms with Crippen molar-refractivity contribution in [1.82, 2.24) is 4.90 Å². The molecular formula is C18H25N3O3. The highest BCUT2D eigenvalue weighted by atomic mass is 16.3. The standard InChI is InChI=1S/C18H25N3O3/c1-3-14-6-5-7-15(4-2)17(14)20-18(24)16(12-19)13-21(8-10-22)9-11-23/h5-7,13,22-23H,3-4,8-11H2,1-2H3,(H,20,24)/b16-13-. The Hall–Kier alpha value is -2.36. The Morgan fingerprint density at radius 2 is 1.75 bits per heavy atom. The van der Waals surface area contributed by atoms with Crippen LogP contribution >= 0.6 is 0 Å². The van der Waals surface area contributed by atoms with Crippen molar-refractivity contribution in [2.75, 3.05) is 31.6 Å². The van der Waals surface area contributed by atoms with Crippen LogP contribution in [0.3, 0.4) is 0 Å². The first-order valence-corrected chi connectivity index (χ1v) is 8.10. The molecule has 0 atom stereocenters. The van der Waals surface area contributed by atoms with Crippen molar-refractivity contribution in [2.45, 2.75) is 26.7 Å².